The van der Waals surface area contributed by atoms with Gasteiger partial charge in [-0.25, -0.2) is 4.39 Å². The van der Waals surface area contributed by atoms with Crippen LogP contribution in [0.15, 0.2) is 18.2 Å². The molecule has 19 heavy (non-hydrogen) atoms. The minimum atomic E-state index is -0.485. The number of amidine groups is 1. The standard InChI is InChI=1S/C14H21FN2O2/c1-14(2,18-3)7-8-19-9-10-5-4-6-11(12(10)15)13(16)17/h4-6H,7-9H2,1-3H3,(H3,16,17). The fourth-order valence-corrected chi connectivity index (χ4v) is 1.50. The topological polar surface area (TPSA) is 68.3 Å². The van der Waals surface area contributed by atoms with E-state index in [0.717, 1.165) is 6.42 Å². The van der Waals surface area contributed by atoms with Gasteiger partial charge in [-0.2, -0.15) is 0 Å². The quantitative estimate of drug-likeness (QED) is 0.453. The van der Waals surface area contributed by atoms with Crippen molar-refractivity contribution in [3.8, 4) is 0 Å². The summed E-state index contributed by atoms with van der Waals surface area (Å²) in [7, 11) is 1.65. The number of halogens is 1. The molecule has 0 spiro atoms. The van der Waals surface area contributed by atoms with Crippen molar-refractivity contribution in [1.82, 2.24) is 0 Å². The lowest BCUT2D eigenvalue weighted by Crippen LogP contribution is -2.24. The molecule has 4 nitrogen and oxygen atoms in total. The molecule has 0 amide bonds. The summed E-state index contributed by atoms with van der Waals surface area (Å²) in [5.74, 6) is -0.763. The summed E-state index contributed by atoms with van der Waals surface area (Å²) in [6, 6.07) is 4.77. The van der Waals surface area contributed by atoms with Crippen LogP contribution in [-0.4, -0.2) is 25.2 Å². The fourth-order valence-electron chi connectivity index (χ4n) is 1.50. The van der Waals surface area contributed by atoms with Gasteiger partial charge in [0.05, 0.1) is 17.8 Å². The van der Waals surface area contributed by atoms with E-state index in [9.17, 15) is 4.39 Å². The van der Waals surface area contributed by atoms with Gasteiger partial charge in [0.15, 0.2) is 0 Å². The summed E-state index contributed by atoms with van der Waals surface area (Å²) in [6.07, 6.45) is 0.720. The Morgan fingerprint density at radius 3 is 2.68 bits per heavy atom. The zero-order valence-corrected chi connectivity index (χ0v) is 11.6. The third-order valence-corrected chi connectivity index (χ3v) is 3.03. The van der Waals surface area contributed by atoms with Crippen molar-refractivity contribution in [3.63, 3.8) is 0 Å². The summed E-state index contributed by atoms with van der Waals surface area (Å²) in [4.78, 5) is 0. The van der Waals surface area contributed by atoms with Gasteiger partial charge in [0.2, 0.25) is 0 Å². The first-order chi connectivity index (χ1) is 8.87. The summed E-state index contributed by atoms with van der Waals surface area (Å²) >= 11 is 0. The number of nitrogens with one attached hydrogen (secondary N) is 1. The Bertz CT molecular complexity index is 447. The van der Waals surface area contributed by atoms with Gasteiger partial charge in [-0.05, 0) is 26.3 Å². The number of nitrogens with two attached hydrogens (primary N) is 1. The van der Waals surface area contributed by atoms with Gasteiger partial charge >= 0.3 is 0 Å². The molecule has 0 aromatic heterocycles. The van der Waals surface area contributed by atoms with E-state index in [1.807, 2.05) is 13.8 Å². The third-order valence-electron chi connectivity index (χ3n) is 3.03. The molecule has 1 aromatic carbocycles. The van der Waals surface area contributed by atoms with Crippen LogP contribution in [0.5, 0.6) is 0 Å². The summed E-state index contributed by atoms with van der Waals surface area (Å²) in [5, 5.41) is 7.27. The molecule has 0 radical (unpaired) electrons. The first-order valence-electron chi connectivity index (χ1n) is 6.12. The van der Waals surface area contributed by atoms with E-state index < -0.39 is 5.82 Å². The first kappa shape index (κ1) is 15.6. The molecule has 0 atom stereocenters. The van der Waals surface area contributed by atoms with Crippen molar-refractivity contribution in [3.05, 3.63) is 35.1 Å². The van der Waals surface area contributed by atoms with E-state index >= 15 is 0 Å². The Labute approximate surface area is 113 Å². The maximum Gasteiger partial charge on any atom is 0.139 e. The number of methoxy groups -OCH3 is 1. The van der Waals surface area contributed by atoms with E-state index in [0.29, 0.717) is 12.2 Å². The van der Waals surface area contributed by atoms with E-state index in [1.54, 1.807) is 19.2 Å². The minimum Gasteiger partial charge on any atom is -0.384 e. The van der Waals surface area contributed by atoms with E-state index in [4.69, 9.17) is 20.6 Å². The van der Waals surface area contributed by atoms with Gasteiger partial charge < -0.3 is 15.2 Å². The second kappa shape index (κ2) is 6.63. The molecule has 0 heterocycles. The smallest absolute Gasteiger partial charge is 0.139 e. The number of nitrogen functional groups attached to an aromatic ring is 1. The van der Waals surface area contributed by atoms with Crippen molar-refractivity contribution in [1.29, 1.82) is 5.41 Å². The molecule has 0 fully saturated rings. The molecule has 106 valence electrons. The average molecular weight is 268 g/mol. The van der Waals surface area contributed by atoms with Crippen LogP contribution < -0.4 is 5.73 Å². The normalized spacial score (nSPS) is 11.6. The van der Waals surface area contributed by atoms with Crippen LogP contribution in [-0.2, 0) is 16.1 Å². The molecule has 0 aliphatic carbocycles. The zero-order valence-electron chi connectivity index (χ0n) is 11.6. The summed E-state index contributed by atoms with van der Waals surface area (Å²) in [5.41, 5.74) is 5.56. The molecule has 0 bridgehead atoms. The maximum atomic E-state index is 13.9. The number of benzene rings is 1. The predicted octanol–water partition coefficient (Wildman–Crippen LogP) is 2.44. The predicted molar refractivity (Wildman–Crippen MR) is 72.8 cm³/mol. The zero-order chi connectivity index (χ0) is 14.5. The third kappa shape index (κ3) is 4.61. The molecule has 0 aliphatic heterocycles. The highest BCUT2D eigenvalue weighted by molar-refractivity contribution is 5.95. The highest BCUT2D eigenvalue weighted by atomic mass is 19.1. The van der Waals surface area contributed by atoms with Crippen molar-refractivity contribution in [2.75, 3.05) is 13.7 Å². The van der Waals surface area contributed by atoms with Crippen LogP contribution in [0.4, 0.5) is 4.39 Å². The van der Waals surface area contributed by atoms with Crippen LogP contribution in [0.1, 0.15) is 31.4 Å². The van der Waals surface area contributed by atoms with Gasteiger partial charge in [-0.3, -0.25) is 5.41 Å². The molecular weight excluding hydrogens is 247 g/mol. The molecule has 0 aliphatic rings. The monoisotopic (exact) mass is 268 g/mol. The van der Waals surface area contributed by atoms with Crippen LogP contribution >= 0.6 is 0 Å². The second-order valence-electron chi connectivity index (χ2n) is 4.96. The van der Waals surface area contributed by atoms with E-state index in [-0.39, 0.29) is 23.6 Å². The lowest BCUT2D eigenvalue weighted by atomic mass is 10.1. The Morgan fingerprint density at radius 2 is 2.11 bits per heavy atom. The van der Waals surface area contributed by atoms with Crippen molar-refractivity contribution >= 4 is 5.84 Å². The number of hydrogen-bond acceptors (Lipinski definition) is 3. The van der Waals surface area contributed by atoms with Crippen molar-refractivity contribution in [2.45, 2.75) is 32.5 Å². The van der Waals surface area contributed by atoms with Gasteiger partial charge in [-0.1, -0.05) is 12.1 Å². The molecule has 1 rings (SSSR count). The van der Waals surface area contributed by atoms with Crippen LogP contribution in [0.3, 0.4) is 0 Å². The van der Waals surface area contributed by atoms with Crippen molar-refractivity contribution < 1.29 is 13.9 Å². The number of rotatable bonds is 7. The molecule has 5 heteroatoms. The lowest BCUT2D eigenvalue weighted by Gasteiger charge is -2.22. The van der Waals surface area contributed by atoms with Crippen LogP contribution in [0.25, 0.3) is 0 Å². The van der Waals surface area contributed by atoms with Crippen LogP contribution in [0, 0.1) is 11.2 Å². The van der Waals surface area contributed by atoms with Gasteiger partial charge in [0.1, 0.15) is 11.7 Å². The van der Waals surface area contributed by atoms with Gasteiger partial charge in [-0.15, -0.1) is 0 Å². The highest BCUT2D eigenvalue weighted by Crippen LogP contribution is 2.16. The Kier molecular flexibility index (Phi) is 5.44. The van der Waals surface area contributed by atoms with E-state index in [2.05, 4.69) is 0 Å². The van der Waals surface area contributed by atoms with Gasteiger partial charge in [0.25, 0.3) is 0 Å². The summed E-state index contributed by atoms with van der Waals surface area (Å²) in [6.45, 7) is 4.57. The second-order valence-corrected chi connectivity index (χ2v) is 4.96. The van der Waals surface area contributed by atoms with Gasteiger partial charge in [0, 0.05) is 19.3 Å². The highest BCUT2D eigenvalue weighted by Gasteiger charge is 2.16. The molecule has 3 N–H and O–H groups in total. The molecule has 0 unspecified atom stereocenters. The largest absolute Gasteiger partial charge is 0.384 e. The Balaban J connectivity index is 2.55. The molecule has 0 saturated heterocycles. The SMILES string of the molecule is COC(C)(C)CCOCc1cccc(C(=N)N)c1F. The number of hydrogen-bond donors (Lipinski definition) is 2. The summed E-state index contributed by atoms with van der Waals surface area (Å²) < 4.78 is 24.6. The Morgan fingerprint density at radius 1 is 1.42 bits per heavy atom. The maximum absolute atomic E-state index is 13.9. The first-order valence-corrected chi connectivity index (χ1v) is 6.12. The minimum absolute atomic E-state index is 0.110. The fraction of sp³-hybridized carbons (Fsp3) is 0.500. The molecule has 0 saturated carbocycles. The lowest BCUT2D eigenvalue weighted by molar-refractivity contribution is -0.0127. The molecule has 1 aromatic rings. The van der Waals surface area contributed by atoms with E-state index in [1.165, 1.54) is 6.07 Å². The van der Waals surface area contributed by atoms with Crippen LogP contribution in [0.2, 0.25) is 0 Å². The molecular formula is C14H21FN2O2. The average Bonchev–Trinajstić information content (AvgIpc) is 2.36. The number of ether oxygens (including phenoxy) is 2. The van der Waals surface area contributed by atoms with Crippen molar-refractivity contribution in [2.24, 2.45) is 5.73 Å². The Hall–Kier alpha value is -1.46.